The number of anilines is 1. The lowest BCUT2D eigenvalue weighted by Crippen LogP contribution is -2.40. The molecule has 0 aliphatic heterocycles. The van der Waals surface area contributed by atoms with Gasteiger partial charge in [0.15, 0.2) is 4.34 Å². The number of carbonyl (C=O) groups excluding carboxylic acids is 1. The van der Waals surface area contributed by atoms with Gasteiger partial charge in [-0.15, -0.1) is 11.3 Å². The number of thioether (sulfide) groups is 1. The van der Waals surface area contributed by atoms with Crippen LogP contribution in [0.3, 0.4) is 0 Å². The predicted molar refractivity (Wildman–Crippen MR) is 87.5 cm³/mol. The first-order valence-corrected chi connectivity index (χ1v) is 8.60. The summed E-state index contributed by atoms with van der Waals surface area (Å²) in [5.74, 6) is 0.0403. The van der Waals surface area contributed by atoms with Gasteiger partial charge in [-0.1, -0.05) is 32.0 Å². The van der Waals surface area contributed by atoms with E-state index < -0.39 is 6.04 Å². The van der Waals surface area contributed by atoms with Gasteiger partial charge in [0.05, 0.1) is 16.3 Å². The molecule has 2 unspecified atom stereocenters. The second-order valence-electron chi connectivity index (χ2n) is 4.77. The maximum Gasteiger partial charge on any atom is 0.241 e. The minimum atomic E-state index is -0.473. The standard InChI is InChI=1S/C14H19N3OS2/c1-4-8(2)12(15)13(18)16-9-5-6-10-11(7-9)20-14(17-10)19-3/h5-8,12H,4,15H2,1-3H3,(H,16,18). The molecule has 1 amide bonds. The van der Waals surface area contributed by atoms with E-state index in [9.17, 15) is 4.79 Å². The number of nitrogens with two attached hydrogens (primary N) is 1. The predicted octanol–water partition coefficient (Wildman–Crippen LogP) is 3.33. The molecule has 0 bridgehead atoms. The van der Waals surface area contributed by atoms with Crippen LogP contribution in [-0.2, 0) is 4.79 Å². The van der Waals surface area contributed by atoms with Crippen molar-refractivity contribution in [2.24, 2.45) is 11.7 Å². The molecule has 108 valence electrons. The smallest absolute Gasteiger partial charge is 0.241 e. The molecule has 0 spiro atoms. The van der Waals surface area contributed by atoms with Gasteiger partial charge in [-0.2, -0.15) is 0 Å². The largest absolute Gasteiger partial charge is 0.325 e. The molecule has 6 heteroatoms. The Morgan fingerprint density at radius 3 is 2.95 bits per heavy atom. The van der Waals surface area contributed by atoms with Crippen molar-refractivity contribution in [1.82, 2.24) is 4.98 Å². The third kappa shape index (κ3) is 3.31. The van der Waals surface area contributed by atoms with Crippen LogP contribution in [0.25, 0.3) is 10.2 Å². The Kier molecular flexibility index (Phi) is 5.01. The number of carbonyl (C=O) groups is 1. The number of aromatic nitrogens is 1. The summed E-state index contributed by atoms with van der Waals surface area (Å²) in [7, 11) is 0. The zero-order chi connectivity index (χ0) is 14.7. The van der Waals surface area contributed by atoms with Gasteiger partial charge in [0.1, 0.15) is 0 Å². The number of hydrogen-bond acceptors (Lipinski definition) is 5. The average molecular weight is 309 g/mol. The first-order chi connectivity index (χ1) is 9.55. The zero-order valence-corrected chi connectivity index (χ0v) is 13.5. The van der Waals surface area contributed by atoms with Gasteiger partial charge in [0.25, 0.3) is 0 Å². The van der Waals surface area contributed by atoms with Crippen LogP contribution in [0.1, 0.15) is 20.3 Å². The van der Waals surface area contributed by atoms with Gasteiger partial charge in [-0.05, 0) is 30.4 Å². The first kappa shape index (κ1) is 15.3. The highest BCUT2D eigenvalue weighted by molar-refractivity contribution is 8.00. The van der Waals surface area contributed by atoms with Crippen molar-refractivity contribution >= 4 is 44.9 Å². The molecule has 1 aromatic carbocycles. The first-order valence-electron chi connectivity index (χ1n) is 6.56. The third-order valence-corrected chi connectivity index (χ3v) is 5.37. The molecule has 2 atom stereocenters. The summed E-state index contributed by atoms with van der Waals surface area (Å²) in [6.45, 7) is 4.02. The van der Waals surface area contributed by atoms with Crippen LogP contribution >= 0.6 is 23.1 Å². The number of nitrogens with one attached hydrogen (secondary N) is 1. The summed E-state index contributed by atoms with van der Waals surface area (Å²) < 4.78 is 2.10. The molecule has 3 N–H and O–H groups in total. The lowest BCUT2D eigenvalue weighted by molar-refractivity contribution is -0.118. The Morgan fingerprint density at radius 2 is 2.30 bits per heavy atom. The average Bonchev–Trinajstić information content (AvgIpc) is 2.87. The summed E-state index contributed by atoms with van der Waals surface area (Å²) in [6, 6.07) is 5.27. The van der Waals surface area contributed by atoms with E-state index in [1.165, 1.54) is 0 Å². The van der Waals surface area contributed by atoms with Crippen LogP contribution in [0.2, 0.25) is 0 Å². The number of amides is 1. The molecular formula is C14H19N3OS2. The highest BCUT2D eigenvalue weighted by atomic mass is 32.2. The fourth-order valence-corrected chi connectivity index (χ4v) is 3.34. The van der Waals surface area contributed by atoms with E-state index in [0.717, 1.165) is 26.7 Å². The Hall–Kier alpha value is -1.11. The van der Waals surface area contributed by atoms with E-state index in [0.29, 0.717) is 0 Å². The van der Waals surface area contributed by atoms with E-state index in [1.54, 1.807) is 23.1 Å². The fraction of sp³-hybridized carbons (Fsp3) is 0.429. The summed E-state index contributed by atoms with van der Waals surface area (Å²) in [6.07, 6.45) is 2.89. The van der Waals surface area contributed by atoms with E-state index in [2.05, 4.69) is 10.3 Å². The Labute approximate surface area is 127 Å². The third-order valence-electron chi connectivity index (χ3n) is 3.37. The lowest BCUT2D eigenvalue weighted by atomic mass is 9.99. The molecule has 0 saturated heterocycles. The number of nitrogens with zero attached hydrogens (tertiary/aromatic N) is 1. The lowest BCUT2D eigenvalue weighted by Gasteiger charge is -2.17. The highest BCUT2D eigenvalue weighted by Crippen LogP contribution is 2.30. The topological polar surface area (TPSA) is 68.0 Å². The van der Waals surface area contributed by atoms with Crippen molar-refractivity contribution in [2.45, 2.75) is 30.6 Å². The van der Waals surface area contributed by atoms with Crippen molar-refractivity contribution < 1.29 is 4.79 Å². The van der Waals surface area contributed by atoms with Gasteiger partial charge in [0.2, 0.25) is 5.91 Å². The minimum Gasteiger partial charge on any atom is -0.325 e. The van der Waals surface area contributed by atoms with Crippen molar-refractivity contribution in [3.63, 3.8) is 0 Å². The summed E-state index contributed by atoms with van der Waals surface area (Å²) >= 11 is 3.25. The molecule has 0 radical (unpaired) electrons. The molecule has 0 fully saturated rings. The Balaban J connectivity index is 2.15. The molecular weight excluding hydrogens is 290 g/mol. The monoisotopic (exact) mass is 309 g/mol. The molecule has 0 aliphatic rings. The Morgan fingerprint density at radius 1 is 1.55 bits per heavy atom. The van der Waals surface area contributed by atoms with Crippen LogP contribution in [0, 0.1) is 5.92 Å². The maximum absolute atomic E-state index is 12.1. The van der Waals surface area contributed by atoms with Crippen LogP contribution in [0.5, 0.6) is 0 Å². The van der Waals surface area contributed by atoms with Crippen molar-refractivity contribution in [3.05, 3.63) is 18.2 Å². The number of rotatable bonds is 5. The van der Waals surface area contributed by atoms with Crippen molar-refractivity contribution in [1.29, 1.82) is 0 Å². The van der Waals surface area contributed by atoms with Crippen molar-refractivity contribution in [3.8, 4) is 0 Å². The van der Waals surface area contributed by atoms with Gasteiger partial charge < -0.3 is 11.1 Å². The van der Waals surface area contributed by atoms with E-state index in [-0.39, 0.29) is 11.8 Å². The number of benzene rings is 1. The van der Waals surface area contributed by atoms with Gasteiger partial charge in [-0.25, -0.2) is 4.98 Å². The van der Waals surface area contributed by atoms with Crippen LogP contribution in [0.15, 0.2) is 22.5 Å². The molecule has 1 heterocycles. The molecule has 0 aliphatic carbocycles. The highest BCUT2D eigenvalue weighted by Gasteiger charge is 2.19. The zero-order valence-electron chi connectivity index (χ0n) is 11.8. The Bertz CT molecular complexity index is 611. The van der Waals surface area contributed by atoms with Gasteiger partial charge in [0, 0.05) is 5.69 Å². The number of thiazole rings is 1. The molecule has 0 saturated carbocycles. The van der Waals surface area contributed by atoms with E-state index >= 15 is 0 Å². The van der Waals surface area contributed by atoms with Crippen molar-refractivity contribution in [2.75, 3.05) is 11.6 Å². The van der Waals surface area contributed by atoms with Gasteiger partial charge >= 0.3 is 0 Å². The summed E-state index contributed by atoms with van der Waals surface area (Å²) in [4.78, 5) is 16.5. The molecule has 2 rings (SSSR count). The quantitative estimate of drug-likeness (QED) is 0.831. The molecule has 1 aromatic heterocycles. The number of fused-ring (bicyclic) bond motifs is 1. The minimum absolute atomic E-state index is 0.131. The van der Waals surface area contributed by atoms with Gasteiger partial charge in [-0.3, -0.25) is 4.79 Å². The van der Waals surface area contributed by atoms with Crippen LogP contribution in [0.4, 0.5) is 5.69 Å². The molecule has 2 aromatic rings. The molecule has 20 heavy (non-hydrogen) atoms. The second-order valence-corrected chi connectivity index (χ2v) is 6.85. The SMILES string of the molecule is CCC(C)C(N)C(=O)Nc1ccc2nc(SC)sc2c1. The summed E-state index contributed by atoms with van der Waals surface area (Å²) in [5, 5.41) is 2.88. The fourth-order valence-electron chi connectivity index (χ4n) is 1.81. The molecule has 4 nitrogen and oxygen atoms in total. The van der Waals surface area contributed by atoms with Crippen LogP contribution in [-0.4, -0.2) is 23.2 Å². The second kappa shape index (κ2) is 6.56. The normalized spacial score (nSPS) is 14.2. The summed E-state index contributed by atoms with van der Waals surface area (Å²) in [5.41, 5.74) is 7.67. The van der Waals surface area contributed by atoms with E-state index in [1.807, 2.05) is 38.3 Å². The van der Waals surface area contributed by atoms with Crippen LogP contribution < -0.4 is 11.1 Å². The maximum atomic E-state index is 12.1. The number of hydrogen-bond donors (Lipinski definition) is 2. The van der Waals surface area contributed by atoms with E-state index in [4.69, 9.17) is 5.73 Å².